The van der Waals surface area contributed by atoms with Crippen LogP contribution in [0.2, 0.25) is 0 Å². The van der Waals surface area contributed by atoms with E-state index in [9.17, 15) is 14.7 Å². The van der Waals surface area contributed by atoms with Crippen LogP contribution in [0.4, 0.5) is 4.79 Å². The molecule has 0 unspecified atom stereocenters. The van der Waals surface area contributed by atoms with E-state index in [1.807, 2.05) is 18.2 Å². The molecule has 1 aliphatic rings. The molecular formula is C16H20BrNO5. The number of hydrogen-bond donors (Lipinski definition) is 1. The summed E-state index contributed by atoms with van der Waals surface area (Å²) in [6.07, 6.45) is -0.818. The first-order valence-corrected chi connectivity index (χ1v) is 8.10. The first-order valence-electron chi connectivity index (χ1n) is 7.31. The molecule has 1 aromatic rings. The predicted molar refractivity (Wildman–Crippen MR) is 87.5 cm³/mol. The number of hydrogen-bond acceptors (Lipinski definition) is 4. The summed E-state index contributed by atoms with van der Waals surface area (Å²) in [6.45, 7) is 5.40. The maximum absolute atomic E-state index is 12.2. The molecule has 1 aromatic carbocycles. The van der Waals surface area contributed by atoms with Gasteiger partial charge in [-0.25, -0.2) is 9.59 Å². The molecule has 0 bridgehead atoms. The molecule has 6 nitrogen and oxygen atoms in total. The average molecular weight is 386 g/mol. The lowest BCUT2D eigenvalue weighted by Gasteiger charge is -2.26. The number of likely N-dealkylation sites (tertiary alicyclic amines) is 1. The minimum absolute atomic E-state index is 0.174. The molecule has 2 rings (SSSR count). The van der Waals surface area contributed by atoms with Crippen LogP contribution in [-0.4, -0.2) is 46.4 Å². The number of carbonyl (C=O) groups is 2. The van der Waals surface area contributed by atoms with E-state index in [-0.39, 0.29) is 13.0 Å². The average Bonchev–Trinajstić information content (AvgIpc) is 2.84. The molecule has 1 fully saturated rings. The predicted octanol–water partition coefficient (Wildman–Crippen LogP) is 3.29. The van der Waals surface area contributed by atoms with Crippen molar-refractivity contribution in [3.63, 3.8) is 0 Å². The summed E-state index contributed by atoms with van der Waals surface area (Å²) in [5.41, 5.74) is -0.679. The number of amides is 1. The summed E-state index contributed by atoms with van der Waals surface area (Å²) in [6, 6.07) is 6.37. The van der Waals surface area contributed by atoms with Gasteiger partial charge in [0.25, 0.3) is 0 Å². The van der Waals surface area contributed by atoms with E-state index in [2.05, 4.69) is 15.9 Å². The Hall–Kier alpha value is -1.76. The van der Waals surface area contributed by atoms with Gasteiger partial charge in [-0.3, -0.25) is 4.90 Å². The van der Waals surface area contributed by atoms with Crippen molar-refractivity contribution >= 4 is 28.0 Å². The first-order chi connectivity index (χ1) is 10.7. The van der Waals surface area contributed by atoms with Crippen molar-refractivity contribution in [2.75, 3.05) is 6.54 Å². The SMILES string of the molecule is CC(C)(C)OC(=O)N1C[C@H](Oc2ccccc2Br)C[C@@H]1C(=O)O. The van der Waals surface area contributed by atoms with Gasteiger partial charge in [0.1, 0.15) is 23.5 Å². The minimum atomic E-state index is -1.06. The second-order valence-electron chi connectivity index (χ2n) is 6.39. The molecule has 0 aromatic heterocycles. The van der Waals surface area contributed by atoms with Crippen molar-refractivity contribution in [3.05, 3.63) is 28.7 Å². The smallest absolute Gasteiger partial charge is 0.411 e. The molecule has 1 saturated heterocycles. The molecule has 2 atom stereocenters. The number of halogens is 1. The monoisotopic (exact) mass is 385 g/mol. The Morgan fingerprint density at radius 1 is 1.30 bits per heavy atom. The fourth-order valence-corrected chi connectivity index (χ4v) is 2.74. The first kappa shape index (κ1) is 17.6. The van der Waals surface area contributed by atoms with E-state index in [1.165, 1.54) is 4.90 Å². The van der Waals surface area contributed by atoms with E-state index >= 15 is 0 Å². The lowest BCUT2D eigenvalue weighted by atomic mass is 10.2. The van der Waals surface area contributed by atoms with Crippen LogP contribution < -0.4 is 4.74 Å². The minimum Gasteiger partial charge on any atom is -0.487 e. The maximum Gasteiger partial charge on any atom is 0.411 e. The molecule has 0 spiro atoms. The second kappa shape index (κ2) is 6.78. The molecule has 0 radical (unpaired) electrons. The van der Waals surface area contributed by atoms with Crippen molar-refractivity contribution in [2.24, 2.45) is 0 Å². The van der Waals surface area contributed by atoms with E-state index in [0.717, 1.165) is 4.47 Å². The van der Waals surface area contributed by atoms with Crippen molar-refractivity contribution in [2.45, 2.75) is 44.9 Å². The van der Waals surface area contributed by atoms with Crippen molar-refractivity contribution in [1.82, 2.24) is 4.90 Å². The molecule has 7 heteroatoms. The summed E-state index contributed by atoms with van der Waals surface area (Å²) >= 11 is 3.38. The van der Waals surface area contributed by atoms with Gasteiger partial charge in [0.2, 0.25) is 0 Å². The van der Waals surface area contributed by atoms with Gasteiger partial charge in [-0.1, -0.05) is 12.1 Å². The maximum atomic E-state index is 12.2. The van der Waals surface area contributed by atoms with E-state index in [0.29, 0.717) is 5.75 Å². The Labute approximate surface area is 143 Å². The number of benzene rings is 1. The highest BCUT2D eigenvalue weighted by Crippen LogP contribution is 2.29. The van der Waals surface area contributed by atoms with Crippen molar-refractivity contribution in [1.29, 1.82) is 0 Å². The fraction of sp³-hybridized carbons (Fsp3) is 0.500. The van der Waals surface area contributed by atoms with Crippen LogP contribution in [0.15, 0.2) is 28.7 Å². The Bertz CT molecular complexity index is 598. The number of ether oxygens (including phenoxy) is 2. The summed E-state index contributed by atoms with van der Waals surface area (Å²) in [7, 11) is 0. The number of aliphatic carboxylic acids is 1. The molecule has 126 valence electrons. The van der Waals surface area contributed by atoms with Crippen molar-refractivity contribution < 1.29 is 24.2 Å². The highest BCUT2D eigenvalue weighted by atomic mass is 79.9. The normalized spacial score (nSPS) is 21.1. The number of rotatable bonds is 3. The zero-order chi connectivity index (χ0) is 17.2. The van der Waals surface area contributed by atoms with E-state index in [4.69, 9.17) is 9.47 Å². The summed E-state index contributed by atoms with van der Waals surface area (Å²) in [4.78, 5) is 24.9. The van der Waals surface area contributed by atoms with E-state index < -0.39 is 29.8 Å². The Morgan fingerprint density at radius 3 is 2.52 bits per heavy atom. The van der Waals surface area contributed by atoms with Crippen LogP contribution in [0.1, 0.15) is 27.2 Å². The zero-order valence-electron chi connectivity index (χ0n) is 13.3. The second-order valence-corrected chi connectivity index (χ2v) is 7.25. The number of carbonyl (C=O) groups excluding carboxylic acids is 1. The molecule has 1 amide bonds. The van der Waals surface area contributed by atoms with Crippen LogP contribution in [0.3, 0.4) is 0 Å². The lowest BCUT2D eigenvalue weighted by molar-refractivity contribution is -0.142. The van der Waals surface area contributed by atoms with Crippen LogP contribution in [0.5, 0.6) is 5.75 Å². The Balaban J connectivity index is 2.10. The largest absolute Gasteiger partial charge is 0.487 e. The number of nitrogens with zero attached hydrogens (tertiary/aromatic N) is 1. The Kier molecular flexibility index (Phi) is 5.19. The van der Waals surface area contributed by atoms with Crippen LogP contribution in [0.25, 0.3) is 0 Å². The van der Waals surface area contributed by atoms with Gasteiger partial charge in [-0.05, 0) is 48.8 Å². The molecule has 0 aliphatic carbocycles. The fourth-order valence-electron chi connectivity index (χ4n) is 2.36. The molecular weight excluding hydrogens is 366 g/mol. The highest BCUT2D eigenvalue weighted by molar-refractivity contribution is 9.10. The van der Waals surface area contributed by atoms with Gasteiger partial charge in [0.05, 0.1) is 11.0 Å². The summed E-state index contributed by atoms with van der Waals surface area (Å²) in [5, 5.41) is 9.36. The van der Waals surface area contributed by atoms with Gasteiger partial charge in [-0.2, -0.15) is 0 Å². The molecule has 1 aliphatic heterocycles. The number of para-hydroxylation sites is 1. The third kappa shape index (κ3) is 4.60. The third-order valence-electron chi connectivity index (χ3n) is 3.31. The molecule has 1 N–H and O–H groups in total. The zero-order valence-corrected chi connectivity index (χ0v) is 14.9. The van der Waals surface area contributed by atoms with Crippen molar-refractivity contribution in [3.8, 4) is 5.75 Å². The lowest BCUT2D eigenvalue weighted by Crippen LogP contribution is -2.43. The summed E-state index contributed by atoms with van der Waals surface area (Å²) in [5.74, 6) is -0.443. The number of carboxylic acids is 1. The van der Waals surface area contributed by atoms with Crippen LogP contribution in [-0.2, 0) is 9.53 Å². The quantitative estimate of drug-likeness (QED) is 0.863. The summed E-state index contributed by atoms with van der Waals surface area (Å²) < 4.78 is 11.9. The van der Waals surface area contributed by atoms with Gasteiger partial charge in [-0.15, -0.1) is 0 Å². The van der Waals surface area contributed by atoms with Crippen LogP contribution in [0, 0.1) is 0 Å². The third-order valence-corrected chi connectivity index (χ3v) is 3.96. The van der Waals surface area contributed by atoms with Gasteiger partial charge in [0, 0.05) is 6.42 Å². The topological polar surface area (TPSA) is 76.1 Å². The van der Waals surface area contributed by atoms with E-state index in [1.54, 1.807) is 26.8 Å². The number of carboxylic acid groups (broad SMARTS) is 1. The Morgan fingerprint density at radius 2 is 1.96 bits per heavy atom. The molecule has 23 heavy (non-hydrogen) atoms. The molecule has 0 saturated carbocycles. The van der Waals surface area contributed by atoms with Gasteiger partial charge < -0.3 is 14.6 Å². The highest BCUT2D eigenvalue weighted by Gasteiger charge is 2.42. The van der Waals surface area contributed by atoms with Crippen LogP contribution >= 0.6 is 15.9 Å². The van der Waals surface area contributed by atoms with Gasteiger partial charge in [0.15, 0.2) is 0 Å². The van der Waals surface area contributed by atoms with Gasteiger partial charge >= 0.3 is 12.1 Å². The molecule has 1 heterocycles. The standard InChI is InChI=1S/C16H20BrNO5/c1-16(2,3)23-15(21)18-9-10(8-12(18)14(19)20)22-13-7-5-4-6-11(13)17/h4-7,10,12H,8-9H2,1-3H3,(H,19,20)/t10-,12-/m1/s1.